The number of furan rings is 1. The van der Waals surface area contributed by atoms with Crippen molar-refractivity contribution in [1.29, 1.82) is 0 Å². The fraction of sp³-hybridized carbons (Fsp3) is 0.429. The Labute approximate surface area is 105 Å². The summed E-state index contributed by atoms with van der Waals surface area (Å²) >= 11 is 0. The molecule has 0 aliphatic heterocycles. The van der Waals surface area contributed by atoms with Crippen LogP contribution in [0.5, 0.6) is 17.4 Å². The second-order valence-corrected chi connectivity index (χ2v) is 4.62. The Morgan fingerprint density at radius 2 is 2.06 bits per heavy atom. The molecule has 4 nitrogen and oxygen atoms in total. The maximum atomic E-state index is 10.1. The molecule has 3 rings (SSSR count). The standard InChI is InChI=1S/C14H16O4/c1-16-10-6-7-11-12(8-10)18-14(13(11)15)17-9-4-2-3-5-9/h6-9,15H,2-5H2,1H3. The Hall–Kier alpha value is -1.84. The number of rotatable bonds is 3. The lowest BCUT2D eigenvalue weighted by atomic mass is 10.2. The maximum absolute atomic E-state index is 10.1. The molecule has 1 aliphatic carbocycles. The first kappa shape index (κ1) is 11.3. The predicted molar refractivity (Wildman–Crippen MR) is 67.3 cm³/mol. The predicted octanol–water partition coefficient (Wildman–Crippen LogP) is 3.47. The third-order valence-corrected chi connectivity index (χ3v) is 3.42. The normalized spacial score (nSPS) is 16.3. The zero-order chi connectivity index (χ0) is 12.5. The van der Waals surface area contributed by atoms with Gasteiger partial charge in [-0.25, -0.2) is 0 Å². The van der Waals surface area contributed by atoms with Crippen LogP contribution in [0.15, 0.2) is 22.6 Å². The van der Waals surface area contributed by atoms with Crippen molar-refractivity contribution in [3.8, 4) is 17.4 Å². The largest absolute Gasteiger partial charge is 0.501 e. The van der Waals surface area contributed by atoms with Gasteiger partial charge in [-0.1, -0.05) is 0 Å². The zero-order valence-corrected chi connectivity index (χ0v) is 10.3. The van der Waals surface area contributed by atoms with Gasteiger partial charge in [0.25, 0.3) is 0 Å². The van der Waals surface area contributed by atoms with Crippen LogP contribution in [0.4, 0.5) is 0 Å². The van der Waals surface area contributed by atoms with Gasteiger partial charge in [0.2, 0.25) is 5.75 Å². The van der Waals surface area contributed by atoms with Crippen LogP contribution in [0, 0.1) is 0 Å². The summed E-state index contributed by atoms with van der Waals surface area (Å²) in [5, 5.41) is 10.7. The Morgan fingerprint density at radius 3 is 2.78 bits per heavy atom. The van der Waals surface area contributed by atoms with Crippen LogP contribution in [0.3, 0.4) is 0 Å². The van der Waals surface area contributed by atoms with E-state index in [9.17, 15) is 5.11 Å². The number of fused-ring (bicyclic) bond motifs is 1. The quantitative estimate of drug-likeness (QED) is 0.903. The molecule has 0 saturated heterocycles. The van der Waals surface area contributed by atoms with E-state index >= 15 is 0 Å². The first-order valence-corrected chi connectivity index (χ1v) is 6.24. The number of aromatic hydroxyl groups is 1. The molecular weight excluding hydrogens is 232 g/mol. The molecule has 0 amide bonds. The van der Waals surface area contributed by atoms with Crippen molar-refractivity contribution in [3.05, 3.63) is 18.2 Å². The van der Waals surface area contributed by atoms with Crippen molar-refractivity contribution < 1.29 is 19.0 Å². The van der Waals surface area contributed by atoms with E-state index in [0.29, 0.717) is 16.7 Å². The lowest BCUT2D eigenvalue weighted by Crippen LogP contribution is -2.10. The highest BCUT2D eigenvalue weighted by Crippen LogP contribution is 2.41. The number of methoxy groups -OCH3 is 1. The van der Waals surface area contributed by atoms with E-state index in [1.54, 1.807) is 25.3 Å². The third kappa shape index (κ3) is 1.88. The fourth-order valence-electron chi connectivity index (χ4n) is 2.41. The molecule has 0 spiro atoms. The van der Waals surface area contributed by atoms with Crippen LogP contribution in [-0.2, 0) is 0 Å². The van der Waals surface area contributed by atoms with Crippen LogP contribution < -0.4 is 9.47 Å². The van der Waals surface area contributed by atoms with Gasteiger partial charge < -0.3 is 19.0 Å². The molecule has 18 heavy (non-hydrogen) atoms. The van der Waals surface area contributed by atoms with Gasteiger partial charge in [0.05, 0.1) is 12.5 Å². The second kappa shape index (κ2) is 4.44. The van der Waals surface area contributed by atoms with Crippen molar-refractivity contribution in [2.75, 3.05) is 7.11 Å². The minimum atomic E-state index is 0.0829. The molecule has 1 saturated carbocycles. The summed E-state index contributed by atoms with van der Waals surface area (Å²) in [5.41, 5.74) is 0.583. The summed E-state index contributed by atoms with van der Waals surface area (Å²) in [4.78, 5) is 0. The Morgan fingerprint density at radius 1 is 1.28 bits per heavy atom. The summed E-state index contributed by atoms with van der Waals surface area (Å²) < 4.78 is 16.4. The summed E-state index contributed by atoms with van der Waals surface area (Å²) in [6.07, 6.45) is 4.58. The smallest absolute Gasteiger partial charge is 0.329 e. The first-order valence-electron chi connectivity index (χ1n) is 6.24. The van der Waals surface area contributed by atoms with Crippen LogP contribution >= 0.6 is 0 Å². The Kier molecular flexibility index (Phi) is 2.78. The molecular formula is C14H16O4. The summed E-state index contributed by atoms with van der Waals surface area (Å²) in [5.74, 6) is 1.01. The molecule has 1 aromatic heterocycles. The summed E-state index contributed by atoms with van der Waals surface area (Å²) in [6, 6.07) is 5.31. The minimum Gasteiger partial charge on any atom is -0.501 e. The first-order chi connectivity index (χ1) is 8.78. The molecule has 1 N–H and O–H groups in total. The van der Waals surface area contributed by atoms with Crippen molar-refractivity contribution in [3.63, 3.8) is 0 Å². The highest BCUT2D eigenvalue weighted by atomic mass is 16.6. The molecule has 1 heterocycles. The molecule has 96 valence electrons. The van der Waals surface area contributed by atoms with Crippen molar-refractivity contribution in [2.24, 2.45) is 0 Å². The third-order valence-electron chi connectivity index (χ3n) is 3.42. The van der Waals surface area contributed by atoms with Crippen LogP contribution in [0.2, 0.25) is 0 Å². The molecule has 0 bridgehead atoms. The van der Waals surface area contributed by atoms with E-state index in [4.69, 9.17) is 13.9 Å². The molecule has 0 radical (unpaired) electrons. The van der Waals surface area contributed by atoms with Crippen molar-refractivity contribution >= 4 is 11.0 Å². The number of benzene rings is 1. The summed E-state index contributed by atoms with van der Waals surface area (Å²) in [6.45, 7) is 0. The highest BCUT2D eigenvalue weighted by Gasteiger charge is 2.22. The average molecular weight is 248 g/mol. The van der Waals surface area contributed by atoms with Gasteiger partial charge in [0.15, 0.2) is 0 Å². The topological polar surface area (TPSA) is 51.8 Å². The zero-order valence-electron chi connectivity index (χ0n) is 10.3. The van der Waals surface area contributed by atoms with Gasteiger partial charge >= 0.3 is 5.95 Å². The van der Waals surface area contributed by atoms with E-state index in [1.807, 2.05) is 0 Å². The molecule has 1 aromatic carbocycles. The molecule has 2 aromatic rings. The van der Waals surface area contributed by atoms with Gasteiger partial charge in [0.1, 0.15) is 17.4 Å². The van der Waals surface area contributed by atoms with Gasteiger partial charge in [-0.15, -0.1) is 0 Å². The Bertz CT molecular complexity index is 552. The second-order valence-electron chi connectivity index (χ2n) is 4.62. The number of hydrogen-bond donors (Lipinski definition) is 1. The molecule has 0 atom stereocenters. The van der Waals surface area contributed by atoms with E-state index < -0.39 is 0 Å². The van der Waals surface area contributed by atoms with Gasteiger partial charge in [0, 0.05) is 6.07 Å². The lowest BCUT2D eigenvalue weighted by Gasteiger charge is -2.09. The van der Waals surface area contributed by atoms with E-state index in [2.05, 4.69) is 0 Å². The van der Waals surface area contributed by atoms with Crippen molar-refractivity contribution in [1.82, 2.24) is 0 Å². The van der Waals surface area contributed by atoms with Crippen LogP contribution in [0.1, 0.15) is 25.7 Å². The minimum absolute atomic E-state index is 0.0829. The highest BCUT2D eigenvalue weighted by molar-refractivity contribution is 5.87. The molecule has 1 aliphatic rings. The van der Waals surface area contributed by atoms with Crippen molar-refractivity contribution in [2.45, 2.75) is 31.8 Å². The fourth-order valence-corrected chi connectivity index (χ4v) is 2.41. The monoisotopic (exact) mass is 248 g/mol. The SMILES string of the molecule is COc1ccc2c(O)c(OC3CCCC3)oc2c1. The van der Waals surface area contributed by atoms with Gasteiger partial charge in [-0.3, -0.25) is 0 Å². The van der Waals surface area contributed by atoms with Crippen LogP contribution in [-0.4, -0.2) is 18.3 Å². The maximum Gasteiger partial charge on any atom is 0.329 e. The molecule has 1 fully saturated rings. The lowest BCUT2D eigenvalue weighted by molar-refractivity contribution is 0.158. The van der Waals surface area contributed by atoms with Crippen LogP contribution in [0.25, 0.3) is 11.0 Å². The summed E-state index contributed by atoms with van der Waals surface area (Å²) in [7, 11) is 1.60. The molecule has 4 heteroatoms. The molecule has 0 unspecified atom stereocenters. The van der Waals surface area contributed by atoms with E-state index in [1.165, 1.54) is 12.8 Å². The van der Waals surface area contributed by atoms with Gasteiger partial charge in [-0.2, -0.15) is 0 Å². The Balaban J connectivity index is 1.94. The number of ether oxygens (including phenoxy) is 2. The average Bonchev–Trinajstić information content (AvgIpc) is 2.99. The van der Waals surface area contributed by atoms with E-state index in [0.717, 1.165) is 12.8 Å². The number of hydrogen-bond acceptors (Lipinski definition) is 4. The van der Waals surface area contributed by atoms with E-state index in [-0.39, 0.29) is 17.8 Å². The van der Waals surface area contributed by atoms with Gasteiger partial charge in [-0.05, 0) is 37.8 Å².